The van der Waals surface area contributed by atoms with E-state index in [1.165, 1.54) is 0 Å². The van der Waals surface area contributed by atoms with Crippen molar-refractivity contribution in [3.63, 3.8) is 0 Å². The molecule has 1 N–H and O–H groups in total. The number of carbonyl (C=O) groups excluding carboxylic acids is 1. The first-order valence-electron chi connectivity index (χ1n) is 5.88. The van der Waals surface area contributed by atoms with Gasteiger partial charge in [-0.1, -0.05) is 13.8 Å². The summed E-state index contributed by atoms with van der Waals surface area (Å²) in [6.07, 6.45) is 2.25. The molecule has 0 saturated carbocycles. The molecule has 0 aromatic rings. The predicted molar refractivity (Wildman–Crippen MR) is 66.3 cm³/mol. The Morgan fingerprint density at radius 1 is 1.53 bits per heavy atom. The number of hydrogen-bond donors (Lipinski definition) is 1. The van der Waals surface area contributed by atoms with Crippen LogP contribution < -0.4 is 5.32 Å². The predicted octanol–water partition coefficient (Wildman–Crippen LogP) is 1.34. The minimum absolute atomic E-state index is 0.266. The lowest BCUT2D eigenvalue weighted by atomic mass is 10.3. The van der Waals surface area contributed by atoms with Crippen LogP contribution in [0.25, 0.3) is 0 Å². The van der Waals surface area contributed by atoms with Gasteiger partial charge in [-0.3, -0.25) is 4.79 Å². The molecule has 88 valence electrons. The van der Waals surface area contributed by atoms with Crippen LogP contribution >= 0.6 is 11.8 Å². The fourth-order valence-electron chi connectivity index (χ4n) is 1.68. The third-order valence-electron chi connectivity index (χ3n) is 2.65. The van der Waals surface area contributed by atoms with E-state index in [4.69, 9.17) is 0 Å². The van der Waals surface area contributed by atoms with Gasteiger partial charge in [0.15, 0.2) is 0 Å². The summed E-state index contributed by atoms with van der Waals surface area (Å²) < 4.78 is 0. The smallest absolute Gasteiger partial charge is 0.236 e. The number of hydrogen-bond acceptors (Lipinski definition) is 3. The highest BCUT2D eigenvalue weighted by Crippen LogP contribution is 2.20. The number of nitrogens with zero attached hydrogens (tertiary/aromatic N) is 1. The third kappa shape index (κ3) is 4.43. The summed E-state index contributed by atoms with van der Waals surface area (Å²) in [5.41, 5.74) is 0. The minimum atomic E-state index is 0.266. The van der Waals surface area contributed by atoms with E-state index in [-0.39, 0.29) is 5.91 Å². The van der Waals surface area contributed by atoms with Crippen LogP contribution in [0.1, 0.15) is 26.7 Å². The Morgan fingerprint density at radius 3 is 3.00 bits per heavy atom. The summed E-state index contributed by atoms with van der Waals surface area (Å²) in [5.74, 6) is 1.36. The molecule has 0 spiro atoms. The Labute approximate surface area is 97.0 Å². The fourth-order valence-corrected chi connectivity index (χ4v) is 2.86. The fraction of sp³-hybridized carbons (Fsp3) is 0.909. The molecule has 1 aliphatic rings. The van der Waals surface area contributed by atoms with Gasteiger partial charge in [0, 0.05) is 24.1 Å². The van der Waals surface area contributed by atoms with Crippen LogP contribution in [0.2, 0.25) is 0 Å². The van der Waals surface area contributed by atoms with Crippen molar-refractivity contribution in [3.8, 4) is 0 Å². The quantitative estimate of drug-likeness (QED) is 0.723. The van der Waals surface area contributed by atoms with Gasteiger partial charge in [0.2, 0.25) is 5.91 Å². The molecule has 0 bridgehead atoms. The standard InChI is InChI=1S/C11H22N2OS/c1-3-5-12-8-11(14)13-6-7-15-10(4-2)9-13/h10,12H,3-9H2,1-2H3. The van der Waals surface area contributed by atoms with Gasteiger partial charge in [0.05, 0.1) is 6.54 Å². The Kier molecular flexibility index (Phi) is 6.10. The maximum absolute atomic E-state index is 11.8. The average Bonchev–Trinajstić information content (AvgIpc) is 2.29. The van der Waals surface area contributed by atoms with E-state index < -0.39 is 0 Å². The molecule has 4 heteroatoms. The summed E-state index contributed by atoms with van der Waals surface area (Å²) in [7, 11) is 0. The second-order valence-corrected chi connectivity index (χ2v) is 5.33. The van der Waals surface area contributed by atoms with Crippen LogP contribution in [0.15, 0.2) is 0 Å². The topological polar surface area (TPSA) is 32.3 Å². The molecule has 0 radical (unpaired) electrons. The monoisotopic (exact) mass is 230 g/mol. The van der Waals surface area contributed by atoms with E-state index in [0.717, 1.165) is 38.2 Å². The van der Waals surface area contributed by atoms with Crippen molar-refractivity contribution in [2.75, 3.05) is 31.9 Å². The van der Waals surface area contributed by atoms with Crippen molar-refractivity contribution in [2.45, 2.75) is 31.9 Å². The highest BCUT2D eigenvalue weighted by molar-refractivity contribution is 8.00. The zero-order valence-electron chi connectivity index (χ0n) is 9.79. The molecule has 1 saturated heterocycles. The molecule has 1 atom stereocenters. The van der Waals surface area contributed by atoms with E-state index >= 15 is 0 Å². The van der Waals surface area contributed by atoms with E-state index in [1.807, 2.05) is 16.7 Å². The Hall–Kier alpha value is -0.220. The SMILES string of the molecule is CCCNCC(=O)N1CCSC(CC)C1. The van der Waals surface area contributed by atoms with Crippen molar-refractivity contribution in [3.05, 3.63) is 0 Å². The summed E-state index contributed by atoms with van der Waals surface area (Å²) in [5, 5.41) is 3.81. The van der Waals surface area contributed by atoms with Crippen molar-refractivity contribution in [1.29, 1.82) is 0 Å². The first kappa shape index (κ1) is 12.8. The van der Waals surface area contributed by atoms with E-state index in [9.17, 15) is 4.79 Å². The molecular formula is C11H22N2OS. The van der Waals surface area contributed by atoms with Gasteiger partial charge in [-0.25, -0.2) is 0 Å². The number of rotatable bonds is 5. The van der Waals surface area contributed by atoms with Crippen molar-refractivity contribution >= 4 is 17.7 Å². The summed E-state index contributed by atoms with van der Waals surface area (Å²) in [4.78, 5) is 13.8. The molecular weight excluding hydrogens is 208 g/mol. The number of amides is 1. The molecule has 1 fully saturated rings. The van der Waals surface area contributed by atoms with Crippen LogP contribution in [0.5, 0.6) is 0 Å². The highest BCUT2D eigenvalue weighted by atomic mass is 32.2. The van der Waals surface area contributed by atoms with Gasteiger partial charge in [0.25, 0.3) is 0 Å². The first-order chi connectivity index (χ1) is 7.27. The number of thioether (sulfide) groups is 1. The summed E-state index contributed by atoms with van der Waals surface area (Å²) in [6, 6.07) is 0. The van der Waals surface area contributed by atoms with E-state index in [1.54, 1.807) is 0 Å². The van der Waals surface area contributed by atoms with Gasteiger partial charge >= 0.3 is 0 Å². The molecule has 1 rings (SSSR count). The highest BCUT2D eigenvalue weighted by Gasteiger charge is 2.22. The molecule has 1 heterocycles. The molecule has 0 aliphatic carbocycles. The molecule has 15 heavy (non-hydrogen) atoms. The van der Waals surface area contributed by atoms with Gasteiger partial charge in [-0.15, -0.1) is 0 Å². The van der Waals surface area contributed by atoms with Crippen LogP contribution in [0.4, 0.5) is 0 Å². The third-order valence-corrected chi connectivity index (χ3v) is 4.02. The molecule has 0 aromatic heterocycles. The molecule has 0 aromatic carbocycles. The van der Waals surface area contributed by atoms with Crippen LogP contribution in [-0.2, 0) is 4.79 Å². The molecule has 3 nitrogen and oxygen atoms in total. The summed E-state index contributed by atoms with van der Waals surface area (Å²) in [6.45, 7) is 7.62. The van der Waals surface area contributed by atoms with Crippen molar-refractivity contribution in [2.24, 2.45) is 0 Å². The Bertz CT molecular complexity index is 199. The lowest BCUT2D eigenvalue weighted by molar-refractivity contribution is -0.130. The number of carbonyl (C=O) groups is 1. The normalized spacial score (nSPS) is 21.7. The lowest BCUT2D eigenvalue weighted by Crippen LogP contribution is -2.45. The minimum Gasteiger partial charge on any atom is -0.340 e. The first-order valence-corrected chi connectivity index (χ1v) is 6.92. The zero-order valence-corrected chi connectivity index (χ0v) is 10.6. The summed E-state index contributed by atoms with van der Waals surface area (Å²) >= 11 is 2.00. The Balaban J connectivity index is 2.25. The average molecular weight is 230 g/mol. The number of nitrogens with one attached hydrogen (secondary N) is 1. The van der Waals surface area contributed by atoms with Crippen LogP contribution in [-0.4, -0.2) is 48.0 Å². The van der Waals surface area contributed by atoms with Crippen LogP contribution in [0, 0.1) is 0 Å². The Morgan fingerprint density at radius 2 is 2.33 bits per heavy atom. The van der Waals surface area contributed by atoms with Gasteiger partial charge in [-0.2, -0.15) is 11.8 Å². The zero-order chi connectivity index (χ0) is 11.1. The van der Waals surface area contributed by atoms with Crippen LogP contribution in [0.3, 0.4) is 0 Å². The maximum atomic E-state index is 11.8. The maximum Gasteiger partial charge on any atom is 0.236 e. The lowest BCUT2D eigenvalue weighted by Gasteiger charge is -2.32. The molecule has 1 amide bonds. The van der Waals surface area contributed by atoms with Crippen molar-refractivity contribution < 1.29 is 4.79 Å². The second kappa shape index (κ2) is 7.12. The van der Waals surface area contributed by atoms with Gasteiger partial charge in [-0.05, 0) is 19.4 Å². The largest absolute Gasteiger partial charge is 0.340 e. The van der Waals surface area contributed by atoms with Crippen molar-refractivity contribution in [1.82, 2.24) is 10.2 Å². The molecule has 1 unspecified atom stereocenters. The molecule has 1 aliphatic heterocycles. The van der Waals surface area contributed by atoms with E-state index in [2.05, 4.69) is 19.2 Å². The van der Waals surface area contributed by atoms with E-state index in [0.29, 0.717) is 11.8 Å². The van der Waals surface area contributed by atoms with Gasteiger partial charge in [0.1, 0.15) is 0 Å². The second-order valence-electron chi connectivity index (χ2n) is 3.92. The van der Waals surface area contributed by atoms with Gasteiger partial charge < -0.3 is 10.2 Å².